The number of para-hydroxylation sites is 1. The molecule has 2 heterocycles. The second kappa shape index (κ2) is 6.75. The molecule has 2 aliphatic rings. The van der Waals surface area contributed by atoms with Crippen LogP contribution in [0.25, 0.3) is 0 Å². The topological polar surface area (TPSA) is 9.72 Å². The molecule has 0 aliphatic carbocycles. The zero-order valence-corrected chi connectivity index (χ0v) is 15.0. The van der Waals surface area contributed by atoms with Crippen LogP contribution in [0.3, 0.4) is 0 Å². The molecule has 0 saturated carbocycles. The second-order valence-electron chi connectivity index (χ2n) is 6.88. The van der Waals surface area contributed by atoms with Crippen LogP contribution in [0.1, 0.15) is 11.1 Å². The molecular weight excluding hydrogens is 318 g/mol. The molecule has 0 unspecified atom stereocenters. The number of anilines is 2. The van der Waals surface area contributed by atoms with Gasteiger partial charge in [0, 0.05) is 62.1 Å². The number of nitrogens with zero attached hydrogens (tertiary/aromatic N) is 3. The van der Waals surface area contributed by atoms with Crippen LogP contribution in [0.5, 0.6) is 0 Å². The smallest absolute Gasteiger partial charge is 0.0462 e. The highest BCUT2D eigenvalue weighted by Crippen LogP contribution is 2.39. The molecule has 2 aromatic carbocycles. The molecule has 2 aliphatic heterocycles. The highest BCUT2D eigenvalue weighted by molar-refractivity contribution is 6.30. The summed E-state index contributed by atoms with van der Waals surface area (Å²) in [6.07, 6.45) is 0.994. The lowest BCUT2D eigenvalue weighted by Gasteiger charge is -2.37. The standard InChI is InChI=1S/C20H24ClN3/c1-22-8-10-23(11-9-22)12-13-24-19-5-3-2-4-16(19)14-17-6-7-18(21)15-20(17)24/h2-7,15H,8-14H2,1H3. The summed E-state index contributed by atoms with van der Waals surface area (Å²) >= 11 is 6.29. The van der Waals surface area contributed by atoms with E-state index < -0.39 is 0 Å². The first kappa shape index (κ1) is 15.9. The Bertz CT molecular complexity index is 723. The van der Waals surface area contributed by atoms with Crippen molar-refractivity contribution < 1.29 is 0 Å². The Balaban J connectivity index is 1.58. The monoisotopic (exact) mass is 341 g/mol. The Morgan fingerprint density at radius 3 is 2.46 bits per heavy atom. The Hall–Kier alpha value is -1.55. The van der Waals surface area contributed by atoms with Gasteiger partial charge in [-0.3, -0.25) is 4.90 Å². The highest BCUT2D eigenvalue weighted by Gasteiger charge is 2.23. The first-order valence-electron chi connectivity index (χ1n) is 8.75. The lowest BCUT2D eigenvalue weighted by atomic mass is 9.95. The molecule has 0 N–H and O–H groups in total. The first-order chi connectivity index (χ1) is 11.7. The average Bonchev–Trinajstić information content (AvgIpc) is 2.60. The van der Waals surface area contributed by atoms with E-state index in [1.165, 1.54) is 35.6 Å². The minimum atomic E-state index is 0.817. The van der Waals surface area contributed by atoms with Gasteiger partial charge in [-0.1, -0.05) is 35.9 Å². The lowest BCUT2D eigenvalue weighted by molar-refractivity contribution is 0.157. The summed E-state index contributed by atoms with van der Waals surface area (Å²) in [6.45, 7) is 6.75. The molecule has 2 aromatic rings. The van der Waals surface area contributed by atoms with Gasteiger partial charge in [0.2, 0.25) is 0 Å². The van der Waals surface area contributed by atoms with Gasteiger partial charge in [0.05, 0.1) is 0 Å². The maximum atomic E-state index is 6.29. The van der Waals surface area contributed by atoms with Gasteiger partial charge < -0.3 is 9.80 Å². The normalized spacial score (nSPS) is 18.3. The van der Waals surface area contributed by atoms with Crippen LogP contribution in [-0.4, -0.2) is 56.1 Å². The summed E-state index contributed by atoms with van der Waals surface area (Å²) < 4.78 is 0. The summed E-state index contributed by atoms with van der Waals surface area (Å²) in [7, 11) is 2.20. The Kier molecular flexibility index (Phi) is 4.49. The Morgan fingerprint density at radius 2 is 1.62 bits per heavy atom. The van der Waals surface area contributed by atoms with Gasteiger partial charge >= 0.3 is 0 Å². The van der Waals surface area contributed by atoms with E-state index in [0.717, 1.165) is 37.6 Å². The predicted octanol–water partition coefficient (Wildman–Crippen LogP) is 3.63. The van der Waals surface area contributed by atoms with Crippen molar-refractivity contribution in [3.8, 4) is 0 Å². The summed E-state index contributed by atoms with van der Waals surface area (Å²) in [5, 5.41) is 0.817. The Morgan fingerprint density at radius 1 is 0.875 bits per heavy atom. The van der Waals surface area contributed by atoms with Crippen molar-refractivity contribution >= 4 is 23.0 Å². The number of piperazine rings is 1. The van der Waals surface area contributed by atoms with Crippen molar-refractivity contribution in [2.75, 3.05) is 51.2 Å². The van der Waals surface area contributed by atoms with Crippen LogP contribution in [-0.2, 0) is 6.42 Å². The molecule has 0 radical (unpaired) electrons. The van der Waals surface area contributed by atoms with E-state index in [-0.39, 0.29) is 0 Å². The molecule has 0 amide bonds. The van der Waals surface area contributed by atoms with Crippen molar-refractivity contribution in [2.24, 2.45) is 0 Å². The summed E-state index contributed by atoms with van der Waals surface area (Å²) in [5.74, 6) is 0. The fourth-order valence-corrected chi connectivity index (χ4v) is 3.92. The molecular formula is C20H24ClN3. The van der Waals surface area contributed by atoms with E-state index in [9.17, 15) is 0 Å². The quantitative estimate of drug-likeness (QED) is 0.844. The van der Waals surface area contributed by atoms with Gasteiger partial charge in [0.1, 0.15) is 0 Å². The van der Waals surface area contributed by atoms with Crippen LogP contribution in [0.2, 0.25) is 5.02 Å². The molecule has 4 heteroatoms. The van der Waals surface area contributed by atoms with Gasteiger partial charge in [-0.15, -0.1) is 0 Å². The zero-order chi connectivity index (χ0) is 16.5. The second-order valence-corrected chi connectivity index (χ2v) is 7.31. The highest BCUT2D eigenvalue weighted by atomic mass is 35.5. The third-order valence-corrected chi connectivity index (χ3v) is 5.47. The molecule has 4 rings (SSSR count). The molecule has 0 aromatic heterocycles. The summed E-state index contributed by atoms with van der Waals surface area (Å²) in [5.41, 5.74) is 5.39. The van der Waals surface area contributed by atoms with Gasteiger partial charge in [-0.25, -0.2) is 0 Å². The number of benzene rings is 2. The fraction of sp³-hybridized carbons (Fsp3) is 0.400. The number of halogens is 1. The van der Waals surface area contributed by atoms with Crippen LogP contribution < -0.4 is 4.90 Å². The van der Waals surface area contributed by atoms with Crippen molar-refractivity contribution in [3.05, 3.63) is 58.6 Å². The largest absolute Gasteiger partial charge is 0.340 e. The van der Waals surface area contributed by atoms with Gasteiger partial charge in [-0.05, 0) is 36.4 Å². The van der Waals surface area contributed by atoms with E-state index in [1.807, 2.05) is 6.07 Å². The van der Waals surface area contributed by atoms with Crippen LogP contribution in [0.4, 0.5) is 11.4 Å². The summed E-state index contributed by atoms with van der Waals surface area (Å²) in [6, 6.07) is 15.1. The number of fused-ring (bicyclic) bond motifs is 2. The van der Waals surface area contributed by atoms with E-state index >= 15 is 0 Å². The number of hydrogen-bond acceptors (Lipinski definition) is 3. The number of hydrogen-bond donors (Lipinski definition) is 0. The van der Waals surface area contributed by atoms with Gasteiger partial charge in [-0.2, -0.15) is 0 Å². The van der Waals surface area contributed by atoms with Gasteiger partial charge in [0.25, 0.3) is 0 Å². The van der Waals surface area contributed by atoms with E-state index in [0.29, 0.717) is 0 Å². The molecule has 0 spiro atoms. The SMILES string of the molecule is CN1CCN(CCN2c3ccccc3Cc3ccc(Cl)cc32)CC1. The molecule has 0 atom stereocenters. The average molecular weight is 342 g/mol. The minimum absolute atomic E-state index is 0.817. The van der Waals surface area contributed by atoms with Crippen LogP contribution in [0, 0.1) is 0 Å². The van der Waals surface area contributed by atoms with Crippen LogP contribution >= 0.6 is 11.6 Å². The van der Waals surface area contributed by atoms with E-state index in [1.54, 1.807) is 0 Å². The lowest BCUT2D eigenvalue weighted by Crippen LogP contribution is -2.46. The number of rotatable bonds is 3. The van der Waals surface area contributed by atoms with Crippen molar-refractivity contribution in [3.63, 3.8) is 0 Å². The fourth-order valence-electron chi connectivity index (χ4n) is 3.75. The molecule has 1 saturated heterocycles. The third-order valence-electron chi connectivity index (χ3n) is 5.24. The van der Waals surface area contributed by atoms with E-state index in [4.69, 9.17) is 11.6 Å². The predicted molar refractivity (Wildman–Crippen MR) is 102 cm³/mol. The summed E-state index contributed by atoms with van der Waals surface area (Å²) in [4.78, 5) is 7.43. The van der Waals surface area contributed by atoms with Crippen molar-refractivity contribution in [2.45, 2.75) is 6.42 Å². The maximum absolute atomic E-state index is 6.29. The van der Waals surface area contributed by atoms with Crippen LogP contribution in [0.15, 0.2) is 42.5 Å². The third kappa shape index (κ3) is 3.16. The molecule has 0 bridgehead atoms. The van der Waals surface area contributed by atoms with Gasteiger partial charge in [0.15, 0.2) is 0 Å². The molecule has 126 valence electrons. The maximum Gasteiger partial charge on any atom is 0.0462 e. The molecule has 1 fully saturated rings. The van der Waals surface area contributed by atoms with Crippen molar-refractivity contribution in [1.29, 1.82) is 0 Å². The zero-order valence-electron chi connectivity index (χ0n) is 14.2. The molecule has 3 nitrogen and oxygen atoms in total. The Labute approximate surface area is 149 Å². The first-order valence-corrected chi connectivity index (χ1v) is 9.13. The van der Waals surface area contributed by atoms with E-state index in [2.05, 4.69) is 58.1 Å². The number of likely N-dealkylation sites (N-methyl/N-ethyl adjacent to an activating group) is 1. The molecule has 24 heavy (non-hydrogen) atoms. The van der Waals surface area contributed by atoms with Crippen molar-refractivity contribution in [1.82, 2.24) is 9.80 Å². The minimum Gasteiger partial charge on any atom is -0.340 e.